The summed E-state index contributed by atoms with van der Waals surface area (Å²) in [7, 11) is 0. The number of fused-ring (bicyclic) bond motifs is 1. The van der Waals surface area contributed by atoms with E-state index in [2.05, 4.69) is 20.3 Å². The van der Waals surface area contributed by atoms with Gasteiger partial charge in [-0.15, -0.1) is 0 Å². The maximum Gasteiger partial charge on any atom is 0.237 e. The molecule has 0 bridgehead atoms. The highest BCUT2D eigenvalue weighted by Crippen LogP contribution is 2.34. The van der Waals surface area contributed by atoms with Crippen LogP contribution in [-0.2, 0) is 9.53 Å². The Morgan fingerprint density at radius 2 is 2.08 bits per heavy atom. The zero-order chi connectivity index (χ0) is 18.4. The third-order valence-electron chi connectivity index (χ3n) is 5.02. The number of nitrogens with two attached hydrogens (primary N) is 2. The van der Waals surface area contributed by atoms with E-state index in [0.717, 1.165) is 0 Å². The maximum atomic E-state index is 11.7. The molecule has 0 aromatic carbocycles. The fraction of sp³-hybridized carbons (Fsp3) is 0.600. The number of aromatic nitrogens is 4. The summed E-state index contributed by atoms with van der Waals surface area (Å²) in [5.74, 6) is 0.0122. The summed E-state index contributed by atoms with van der Waals surface area (Å²) >= 11 is 0. The first-order chi connectivity index (χ1) is 12.5. The van der Waals surface area contributed by atoms with Crippen molar-refractivity contribution >= 4 is 22.9 Å². The van der Waals surface area contributed by atoms with Crippen LogP contribution in [0, 0.1) is 0 Å². The van der Waals surface area contributed by atoms with E-state index in [4.69, 9.17) is 16.2 Å². The monoisotopic (exact) mass is 363 g/mol. The van der Waals surface area contributed by atoms with E-state index >= 15 is 0 Å². The molecular weight excluding hydrogens is 342 g/mol. The number of aliphatic hydroxyl groups excluding tert-OH is 2. The van der Waals surface area contributed by atoms with Gasteiger partial charge in [0, 0.05) is 6.04 Å². The predicted octanol–water partition coefficient (Wildman–Crippen LogP) is -1.98. The van der Waals surface area contributed by atoms with Gasteiger partial charge < -0.3 is 31.7 Å². The second-order valence-electron chi connectivity index (χ2n) is 6.75. The van der Waals surface area contributed by atoms with Gasteiger partial charge in [-0.05, 0) is 19.3 Å². The van der Waals surface area contributed by atoms with Crippen molar-refractivity contribution in [3.8, 4) is 0 Å². The Morgan fingerprint density at radius 3 is 2.85 bits per heavy atom. The van der Waals surface area contributed by atoms with E-state index in [-0.39, 0.29) is 17.8 Å². The van der Waals surface area contributed by atoms with Crippen molar-refractivity contribution in [1.29, 1.82) is 0 Å². The van der Waals surface area contributed by atoms with Crippen LogP contribution >= 0.6 is 0 Å². The second-order valence-corrected chi connectivity index (χ2v) is 6.75. The first-order valence-corrected chi connectivity index (χ1v) is 8.46. The van der Waals surface area contributed by atoms with Crippen molar-refractivity contribution in [2.75, 3.05) is 5.73 Å². The van der Waals surface area contributed by atoms with Crippen molar-refractivity contribution in [3.63, 3.8) is 0 Å². The number of rotatable bonds is 3. The minimum Gasteiger partial charge on any atom is -0.388 e. The lowest BCUT2D eigenvalue weighted by molar-refractivity contribution is -0.125. The fourth-order valence-corrected chi connectivity index (χ4v) is 3.56. The smallest absolute Gasteiger partial charge is 0.237 e. The zero-order valence-corrected chi connectivity index (χ0v) is 13.9. The highest BCUT2D eigenvalue weighted by molar-refractivity contribution is 5.82. The van der Waals surface area contributed by atoms with Crippen LogP contribution < -0.4 is 16.8 Å². The molecule has 11 heteroatoms. The molecule has 140 valence electrons. The van der Waals surface area contributed by atoms with Gasteiger partial charge >= 0.3 is 0 Å². The van der Waals surface area contributed by atoms with Crippen molar-refractivity contribution in [2.45, 2.75) is 55.9 Å². The molecule has 26 heavy (non-hydrogen) atoms. The molecule has 2 aliphatic heterocycles. The maximum absolute atomic E-state index is 11.7. The topological polar surface area (TPSA) is 174 Å². The molecule has 2 saturated heterocycles. The quantitative estimate of drug-likeness (QED) is 0.414. The average molecular weight is 363 g/mol. The molecule has 2 aliphatic rings. The van der Waals surface area contributed by atoms with E-state index in [1.54, 1.807) is 0 Å². The molecule has 7 N–H and O–H groups in total. The van der Waals surface area contributed by atoms with Crippen LogP contribution in [0.2, 0.25) is 0 Å². The summed E-state index contributed by atoms with van der Waals surface area (Å²) in [4.78, 5) is 23.9. The number of nitrogens with zero attached hydrogens (tertiary/aromatic N) is 4. The van der Waals surface area contributed by atoms with Gasteiger partial charge in [-0.2, -0.15) is 0 Å². The number of aliphatic hydroxyl groups is 2. The third kappa shape index (κ3) is 2.78. The average Bonchev–Trinajstić information content (AvgIpc) is 3.16. The van der Waals surface area contributed by atoms with Crippen LogP contribution in [0.4, 0.5) is 5.82 Å². The van der Waals surface area contributed by atoms with Gasteiger partial charge in [0.1, 0.15) is 24.1 Å². The Labute approximate surface area is 148 Å². The first-order valence-electron chi connectivity index (χ1n) is 8.46. The molecule has 11 nitrogen and oxygen atoms in total. The summed E-state index contributed by atoms with van der Waals surface area (Å²) in [5.41, 5.74) is 12.3. The number of amides is 1. The highest BCUT2D eigenvalue weighted by atomic mass is 16.6. The fourth-order valence-electron chi connectivity index (χ4n) is 3.56. The van der Waals surface area contributed by atoms with Gasteiger partial charge in [0.2, 0.25) is 5.91 Å². The summed E-state index contributed by atoms with van der Waals surface area (Å²) in [6.45, 7) is 0. The van der Waals surface area contributed by atoms with Crippen molar-refractivity contribution < 1.29 is 19.7 Å². The molecule has 4 rings (SSSR count). The number of ether oxygens (including phenoxy) is 1. The Bertz CT molecular complexity index is 827. The molecule has 0 spiro atoms. The number of piperidine rings is 1. The normalized spacial score (nSPS) is 35.0. The van der Waals surface area contributed by atoms with Gasteiger partial charge in [-0.3, -0.25) is 9.36 Å². The summed E-state index contributed by atoms with van der Waals surface area (Å²) < 4.78 is 7.41. The van der Waals surface area contributed by atoms with E-state index in [1.165, 1.54) is 17.2 Å². The molecule has 6 unspecified atom stereocenters. The van der Waals surface area contributed by atoms with E-state index in [1.807, 2.05) is 0 Å². The van der Waals surface area contributed by atoms with E-state index < -0.39 is 30.6 Å². The number of hydrogen-bond acceptors (Lipinski definition) is 9. The molecule has 2 fully saturated rings. The summed E-state index contributed by atoms with van der Waals surface area (Å²) in [6, 6.07) is -0.660. The van der Waals surface area contributed by atoms with E-state index in [9.17, 15) is 15.0 Å². The molecule has 0 aliphatic carbocycles. The Hall–Kier alpha value is -2.34. The lowest BCUT2D eigenvalue weighted by atomic mass is 9.94. The highest BCUT2D eigenvalue weighted by Gasteiger charge is 2.45. The number of anilines is 1. The van der Waals surface area contributed by atoms with Gasteiger partial charge in [0.15, 0.2) is 17.7 Å². The molecular formula is C15H21N7O4. The number of carbonyl (C=O) groups is 1. The van der Waals surface area contributed by atoms with Crippen molar-refractivity contribution in [3.05, 3.63) is 12.7 Å². The standard InChI is InChI=1S/C15H21N7O4/c16-7-2-1-6(21-14(7)25)3-8-10(23)11(24)15(26-8)22-5-20-9-12(17)18-4-19-13(9)22/h4-8,10-11,15,23-24H,1-3,16H2,(H,21,25)(H2,17,18,19). The molecule has 2 aromatic heterocycles. The Balaban J connectivity index is 1.52. The first kappa shape index (κ1) is 17.1. The van der Waals surface area contributed by atoms with Gasteiger partial charge in [-0.1, -0.05) is 0 Å². The number of carbonyl (C=O) groups excluding carboxylic acids is 1. The van der Waals surface area contributed by atoms with Gasteiger partial charge in [-0.25, -0.2) is 15.0 Å². The SMILES string of the molecule is Nc1ncnc2c1ncn2C1OC(CC2CCC(N)C(=O)N2)C(O)C1O. The lowest BCUT2D eigenvalue weighted by Gasteiger charge is -2.29. The van der Waals surface area contributed by atoms with Crippen molar-refractivity contribution in [2.24, 2.45) is 5.73 Å². The van der Waals surface area contributed by atoms with Crippen LogP contribution in [0.1, 0.15) is 25.5 Å². The Kier molecular flexibility index (Phi) is 4.23. The van der Waals surface area contributed by atoms with Crippen molar-refractivity contribution in [1.82, 2.24) is 24.8 Å². The van der Waals surface area contributed by atoms with Gasteiger partial charge in [0.05, 0.1) is 18.5 Å². The number of imidazole rings is 1. The zero-order valence-electron chi connectivity index (χ0n) is 13.9. The minimum atomic E-state index is -1.17. The lowest BCUT2D eigenvalue weighted by Crippen LogP contribution is -2.52. The molecule has 4 heterocycles. The number of hydrogen-bond donors (Lipinski definition) is 5. The van der Waals surface area contributed by atoms with Gasteiger partial charge in [0.25, 0.3) is 0 Å². The molecule has 2 aromatic rings. The van der Waals surface area contributed by atoms with E-state index in [0.29, 0.717) is 30.4 Å². The molecule has 6 atom stereocenters. The predicted molar refractivity (Wildman–Crippen MR) is 89.4 cm³/mol. The van der Waals surface area contributed by atoms with Crippen LogP contribution in [0.3, 0.4) is 0 Å². The largest absolute Gasteiger partial charge is 0.388 e. The van der Waals surface area contributed by atoms with Crippen LogP contribution in [0.5, 0.6) is 0 Å². The number of nitrogen functional groups attached to an aromatic ring is 1. The van der Waals surface area contributed by atoms with Crippen LogP contribution in [0.25, 0.3) is 11.2 Å². The Morgan fingerprint density at radius 1 is 1.27 bits per heavy atom. The molecule has 0 saturated carbocycles. The second kappa shape index (κ2) is 6.43. The molecule has 0 radical (unpaired) electrons. The summed E-state index contributed by atoms with van der Waals surface area (Å²) in [5, 5.41) is 23.7. The minimum absolute atomic E-state index is 0.162. The van der Waals surface area contributed by atoms with Crippen LogP contribution in [0.15, 0.2) is 12.7 Å². The van der Waals surface area contributed by atoms with Crippen LogP contribution in [-0.4, -0.2) is 66.0 Å². The summed E-state index contributed by atoms with van der Waals surface area (Å²) in [6.07, 6.45) is 0.593. The number of nitrogens with one attached hydrogen (secondary N) is 1. The third-order valence-corrected chi connectivity index (χ3v) is 5.02. The molecule has 1 amide bonds.